The van der Waals surface area contributed by atoms with Gasteiger partial charge in [-0.2, -0.15) is 0 Å². The Bertz CT molecular complexity index is 504. The van der Waals surface area contributed by atoms with Crippen LogP contribution < -0.4 is 10.1 Å². The number of amides is 1. The number of esters is 1. The van der Waals surface area contributed by atoms with Crippen molar-refractivity contribution in [3.63, 3.8) is 0 Å². The van der Waals surface area contributed by atoms with Gasteiger partial charge in [0, 0.05) is 10.5 Å². The van der Waals surface area contributed by atoms with Gasteiger partial charge in [-0.3, -0.25) is 4.79 Å². The number of ether oxygens (including phenoxy) is 2. The summed E-state index contributed by atoms with van der Waals surface area (Å²) in [5.41, 5.74) is 0.323. The quantitative estimate of drug-likeness (QED) is 0.762. The Balaban J connectivity index is 2.56. The van der Waals surface area contributed by atoms with Gasteiger partial charge in [-0.25, -0.2) is 4.79 Å². The third kappa shape index (κ3) is 5.75. The number of halogens is 1. The van der Waals surface area contributed by atoms with Crippen molar-refractivity contribution < 1.29 is 19.1 Å². The second-order valence-electron chi connectivity index (χ2n) is 4.68. The maximum absolute atomic E-state index is 12.0. The minimum atomic E-state index is -0.570. The van der Waals surface area contributed by atoms with Crippen molar-refractivity contribution in [1.82, 2.24) is 5.32 Å². The van der Waals surface area contributed by atoms with Gasteiger partial charge < -0.3 is 14.8 Å². The number of rotatable bonds is 7. The summed E-state index contributed by atoms with van der Waals surface area (Å²) in [6, 6.07) is 5.05. The van der Waals surface area contributed by atoms with E-state index in [1.54, 1.807) is 18.2 Å². The van der Waals surface area contributed by atoms with E-state index in [1.165, 1.54) is 7.11 Å². The molecular formula is C15H20BrNO4. The number of carbonyl (C=O) groups excluding carboxylic acids is 2. The lowest BCUT2D eigenvalue weighted by atomic mass is 10.2. The number of nitrogens with one attached hydrogen (secondary N) is 1. The van der Waals surface area contributed by atoms with Crippen molar-refractivity contribution >= 4 is 27.8 Å². The van der Waals surface area contributed by atoms with Crippen LogP contribution in [-0.4, -0.2) is 31.6 Å². The summed E-state index contributed by atoms with van der Waals surface area (Å²) in [6.45, 7) is 3.67. The molecule has 0 spiro atoms. The van der Waals surface area contributed by atoms with Gasteiger partial charge in [0.05, 0.1) is 12.7 Å². The summed E-state index contributed by atoms with van der Waals surface area (Å²) < 4.78 is 10.7. The summed E-state index contributed by atoms with van der Waals surface area (Å²) in [7, 11) is 1.51. The van der Waals surface area contributed by atoms with Gasteiger partial charge in [-0.1, -0.05) is 13.3 Å². The molecule has 0 unspecified atom stereocenters. The molecule has 0 radical (unpaired) electrons. The first-order chi connectivity index (χ1) is 9.97. The Morgan fingerprint density at radius 2 is 2.10 bits per heavy atom. The highest BCUT2D eigenvalue weighted by Gasteiger charge is 2.15. The van der Waals surface area contributed by atoms with Gasteiger partial charge in [0.2, 0.25) is 0 Å². The second-order valence-corrected chi connectivity index (χ2v) is 5.53. The highest BCUT2D eigenvalue weighted by atomic mass is 79.9. The molecule has 0 aliphatic carbocycles. The minimum absolute atomic E-state index is 0.0738. The molecule has 0 aliphatic heterocycles. The van der Waals surface area contributed by atoms with E-state index < -0.39 is 5.97 Å². The Labute approximate surface area is 133 Å². The van der Waals surface area contributed by atoms with Gasteiger partial charge in [0.1, 0.15) is 5.75 Å². The first kappa shape index (κ1) is 17.5. The molecule has 1 amide bonds. The highest BCUT2D eigenvalue weighted by Crippen LogP contribution is 2.23. The maximum Gasteiger partial charge on any atom is 0.339 e. The molecule has 0 saturated carbocycles. The first-order valence-corrected chi connectivity index (χ1v) is 7.57. The van der Waals surface area contributed by atoms with E-state index in [1.807, 2.05) is 13.8 Å². The maximum atomic E-state index is 12.0. The number of methoxy groups -OCH3 is 1. The fourth-order valence-electron chi connectivity index (χ4n) is 1.82. The van der Waals surface area contributed by atoms with E-state index in [0.29, 0.717) is 15.8 Å². The standard InChI is InChI=1S/C15H20BrNO4/c1-4-5-10(2)17-14(18)9-21-15(19)12-8-11(20-3)6-7-13(12)16/h6-8,10H,4-5,9H2,1-3H3,(H,17,18)/t10-/m0/s1. The normalized spacial score (nSPS) is 11.6. The lowest BCUT2D eigenvalue weighted by molar-refractivity contribution is -0.124. The van der Waals surface area contributed by atoms with Crippen LogP contribution >= 0.6 is 15.9 Å². The van der Waals surface area contributed by atoms with Gasteiger partial charge in [-0.05, 0) is 47.5 Å². The van der Waals surface area contributed by atoms with Crippen LogP contribution in [-0.2, 0) is 9.53 Å². The molecule has 0 fully saturated rings. The van der Waals surface area contributed by atoms with Crippen molar-refractivity contribution in [3.8, 4) is 5.75 Å². The van der Waals surface area contributed by atoms with Crippen LogP contribution in [0.4, 0.5) is 0 Å². The molecule has 0 saturated heterocycles. The van der Waals surface area contributed by atoms with E-state index in [4.69, 9.17) is 9.47 Å². The minimum Gasteiger partial charge on any atom is -0.497 e. The fourth-order valence-corrected chi connectivity index (χ4v) is 2.23. The predicted octanol–water partition coefficient (Wildman–Crippen LogP) is 2.92. The van der Waals surface area contributed by atoms with Crippen LogP contribution in [0.2, 0.25) is 0 Å². The molecule has 0 bridgehead atoms. The van der Waals surface area contributed by atoms with Crippen LogP contribution in [0.1, 0.15) is 37.0 Å². The molecular weight excluding hydrogens is 338 g/mol. The van der Waals surface area contributed by atoms with Gasteiger partial charge in [0.25, 0.3) is 5.91 Å². The van der Waals surface area contributed by atoms with Crippen molar-refractivity contribution in [2.75, 3.05) is 13.7 Å². The Morgan fingerprint density at radius 1 is 1.38 bits per heavy atom. The molecule has 1 aromatic carbocycles. The molecule has 116 valence electrons. The lowest BCUT2D eigenvalue weighted by Crippen LogP contribution is -2.35. The Hall–Kier alpha value is -1.56. The van der Waals surface area contributed by atoms with Crippen LogP contribution in [0.15, 0.2) is 22.7 Å². The summed E-state index contributed by atoms with van der Waals surface area (Å²) >= 11 is 3.27. The van der Waals surface area contributed by atoms with Crippen LogP contribution in [0.5, 0.6) is 5.75 Å². The summed E-state index contributed by atoms with van der Waals surface area (Å²) in [5, 5.41) is 2.77. The number of hydrogen-bond donors (Lipinski definition) is 1. The van der Waals surface area contributed by atoms with Crippen LogP contribution in [0, 0.1) is 0 Å². The molecule has 0 aliphatic rings. The summed E-state index contributed by atoms with van der Waals surface area (Å²) in [4.78, 5) is 23.6. The number of benzene rings is 1. The molecule has 6 heteroatoms. The third-order valence-corrected chi connectivity index (χ3v) is 3.55. The third-order valence-electron chi connectivity index (χ3n) is 2.86. The second kappa shape index (κ2) is 8.67. The zero-order valence-electron chi connectivity index (χ0n) is 12.4. The molecule has 1 aromatic rings. The Kier molecular flexibility index (Phi) is 7.22. The zero-order valence-corrected chi connectivity index (χ0v) is 14.0. The smallest absolute Gasteiger partial charge is 0.339 e. The summed E-state index contributed by atoms with van der Waals surface area (Å²) in [5.74, 6) is -0.325. The molecule has 0 aromatic heterocycles. The average molecular weight is 358 g/mol. The van der Waals surface area contributed by atoms with Gasteiger partial charge >= 0.3 is 5.97 Å². The number of carbonyl (C=O) groups is 2. The molecule has 1 atom stereocenters. The molecule has 1 rings (SSSR count). The molecule has 5 nitrogen and oxygen atoms in total. The van der Waals surface area contributed by atoms with Gasteiger partial charge in [-0.15, -0.1) is 0 Å². The first-order valence-electron chi connectivity index (χ1n) is 6.78. The monoisotopic (exact) mass is 357 g/mol. The summed E-state index contributed by atoms with van der Waals surface area (Å²) in [6.07, 6.45) is 1.87. The predicted molar refractivity (Wildman–Crippen MR) is 83.5 cm³/mol. The van der Waals surface area contributed by atoms with E-state index in [-0.39, 0.29) is 18.6 Å². The van der Waals surface area contributed by atoms with Crippen LogP contribution in [0.25, 0.3) is 0 Å². The van der Waals surface area contributed by atoms with Crippen molar-refractivity contribution in [1.29, 1.82) is 0 Å². The fraction of sp³-hybridized carbons (Fsp3) is 0.467. The molecule has 21 heavy (non-hydrogen) atoms. The van der Waals surface area contributed by atoms with E-state index in [2.05, 4.69) is 21.2 Å². The largest absolute Gasteiger partial charge is 0.497 e. The van der Waals surface area contributed by atoms with E-state index in [0.717, 1.165) is 12.8 Å². The van der Waals surface area contributed by atoms with Crippen molar-refractivity contribution in [2.45, 2.75) is 32.7 Å². The van der Waals surface area contributed by atoms with Gasteiger partial charge in [0.15, 0.2) is 6.61 Å². The molecule has 1 N–H and O–H groups in total. The van der Waals surface area contributed by atoms with E-state index >= 15 is 0 Å². The van der Waals surface area contributed by atoms with E-state index in [9.17, 15) is 9.59 Å². The lowest BCUT2D eigenvalue weighted by Gasteiger charge is -2.13. The average Bonchev–Trinajstić information content (AvgIpc) is 2.45. The topological polar surface area (TPSA) is 64.6 Å². The van der Waals surface area contributed by atoms with Crippen molar-refractivity contribution in [2.24, 2.45) is 0 Å². The Morgan fingerprint density at radius 3 is 2.71 bits per heavy atom. The number of hydrogen-bond acceptors (Lipinski definition) is 4. The zero-order chi connectivity index (χ0) is 15.8. The van der Waals surface area contributed by atoms with Crippen LogP contribution in [0.3, 0.4) is 0 Å². The molecule has 0 heterocycles. The van der Waals surface area contributed by atoms with Crippen molar-refractivity contribution in [3.05, 3.63) is 28.2 Å². The highest BCUT2D eigenvalue weighted by molar-refractivity contribution is 9.10. The SMILES string of the molecule is CCC[C@H](C)NC(=O)COC(=O)c1cc(OC)ccc1Br.